The van der Waals surface area contributed by atoms with Crippen molar-refractivity contribution in [3.63, 3.8) is 0 Å². The molecule has 1 aliphatic carbocycles. The summed E-state index contributed by atoms with van der Waals surface area (Å²) in [6.07, 6.45) is 4.04. The van der Waals surface area contributed by atoms with E-state index in [9.17, 15) is 9.59 Å². The third-order valence-electron chi connectivity index (χ3n) is 5.08. The van der Waals surface area contributed by atoms with E-state index in [2.05, 4.69) is 10.4 Å². The summed E-state index contributed by atoms with van der Waals surface area (Å²) in [6.45, 7) is 3.74. The fourth-order valence-corrected chi connectivity index (χ4v) is 3.75. The van der Waals surface area contributed by atoms with Crippen molar-refractivity contribution in [2.45, 2.75) is 39.5 Å². The molecule has 134 valence electrons. The van der Waals surface area contributed by atoms with E-state index >= 15 is 0 Å². The van der Waals surface area contributed by atoms with Gasteiger partial charge in [-0.25, -0.2) is 4.79 Å². The Balaban J connectivity index is 1.74. The van der Waals surface area contributed by atoms with Crippen LogP contribution in [0.4, 0.5) is 5.69 Å². The van der Waals surface area contributed by atoms with Crippen molar-refractivity contribution in [2.24, 2.45) is 7.05 Å². The van der Waals surface area contributed by atoms with Crippen LogP contribution in [0.3, 0.4) is 0 Å². The molecule has 0 aliphatic heterocycles. The quantitative estimate of drug-likeness (QED) is 0.719. The summed E-state index contributed by atoms with van der Waals surface area (Å²) >= 11 is 0. The topological polar surface area (TPSA) is 77.1 Å². The second kappa shape index (κ2) is 6.12. The van der Waals surface area contributed by atoms with Crippen LogP contribution in [0.1, 0.15) is 45.7 Å². The van der Waals surface area contributed by atoms with Crippen LogP contribution in [-0.2, 0) is 19.9 Å². The first kappa shape index (κ1) is 16.6. The smallest absolute Gasteiger partial charge is 0.336 e. The van der Waals surface area contributed by atoms with Crippen molar-refractivity contribution in [3.05, 3.63) is 56.7 Å². The highest BCUT2D eigenvalue weighted by Gasteiger charge is 2.24. The fraction of sp³-hybridized carbons (Fsp3) is 0.350. The van der Waals surface area contributed by atoms with Crippen molar-refractivity contribution >= 4 is 22.6 Å². The minimum atomic E-state index is -0.368. The first-order valence-electron chi connectivity index (χ1n) is 8.85. The van der Waals surface area contributed by atoms with Crippen molar-refractivity contribution < 1.29 is 9.21 Å². The number of hydrogen-bond donors (Lipinski definition) is 1. The van der Waals surface area contributed by atoms with Crippen molar-refractivity contribution in [3.8, 4) is 0 Å². The molecule has 1 amide bonds. The van der Waals surface area contributed by atoms with Gasteiger partial charge in [-0.2, -0.15) is 5.10 Å². The van der Waals surface area contributed by atoms with Crippen LogP contribution in [0.15, 0.2) is 27.4 Å². The predicted molar refractivity (Wildman–Crippen MR) is 99.8 cm³/mol. The van der Waals surface area contributed by atoms with Gasteiger partial charge < -0.3 is 9.73 Å². The molecule has 0 fully saturated rings. The lowest BCUT2D eigenvalue weighted by molar-refractivity contribution is 0.101. The Hall–Kier alpha value is -2.89. The number of rotatable bonds is 2. The minimum absolute atomic E-state index is 0.152. The van der Waals surface area contributed by atoms with Crippen LogP contribution in [-0.4, -0.2) is 15.7 Å². The molecular weight excluding hydrogens is 330 g/mol. The molecule has 0 radical (unpaired) electrons. The predicted octanol–water partition coefficient (Wildman–Crippen LogP) is 3.27. The number of carbonyl (C=O) groups is 1. The number of aromatic nitrogens is 2. The molecule has 6 nitrogen and oxygen atoms in total. The summed E-state index contributed by atoms with van der Waals surface area (Å²) in [6, 6.07) is 5.11. The van der Waals surface area contributed by atoms with Crippen LogP contribution in [0.5, 0.6) is 0 Å². The summed E-state index contributed by atoms with van der Waals surface area (Å²) in [4.78, 5) is 24.5. The van der Waals surface area contributed by atoms with Gasteiger partial charge in [0.2, 0.25) is 0 Å². The highest BCUT2D eigenvalue weighted by molar-refractivity contribution is 6.05. The molecule has 0 saturated carbocycles. The van der Waals surface area contributed by atoms with E-state index in [0.717, 1.165) is 53.5 Å². The highest BCUT2D eigenvalue weighted by atomic mass is 16.4. The Labute approximate surface area is 150 Å². The number of nitrogens with one attached hydrogen (secondary N) is 1. The second-order valence-electron chi connectivity index (χ2n) is 6.97. The first-order chi connectivity index (χ1) is 12.4. The number of aryl methyl sites for hydroxylation is 4. The van der Waals surface area contributed by atoms with Gasteiger partial charge in [0.15, 0.2) is 0 Å². The van der Waals surface area contributed by atoms with Gasteiger partial charge in [-0.1, -0.05) is 0 Å². The average Bonchev–Trinajstić information content (AvgIpc) is 2.91. The van der Waals surface area contributed by atoms with Crippen molar-refractivity contribution in [1.29, 1.82) is 0 Å². The number of amides is 1. The molecule has 26 heavy (non-hydrogen) atoms. The summed E-state index contributed by atoms with van der Waals surface area (Å²) < 4.78 is 6.95. The maximum absolute atomic E-state index is 12.9. The normalized spacial score (nSPS) is 13.7. The number of anilines is 1. The molecule has 2 heterocycles. The lowest BCUT2D eigenvalue weighted by Gasteiger charge is -2.13. The molecule has 1 aromatic carbocycles. The van der Waals surface area contributed by atoms with Gasteiger partial charge in [0.1, 0.15) is 11.3 Å². The van der Waals surface area contributed by atoms with E-state index in [1.165, 1.54) is 6.07 Å². The average molecular weight is 351 g/mol. The van der Waals surface area contributed by atoms with Crippen LogP contribution >= 0.6 is 0 Å². The zero-order chi connectivity index (χ0) is 18.4. The Bertz CT molecular complexity index is 1090. The zero-order valence-corrected chi connectivity index (χ0v) is 15.2. The second-order valence-corrected chi connectivity index (χ2v) is 6.97. The van der Waals surface area contributed by atoms with Crippen LogP contribution in [0.25, 0.3) is 11.0 Å². The SMILES string of the molecule is Cc1cc2oc(=O)cc(C)c2cc1NC(=O)c1c2c(nn1C)CCCC2. The van der Waals surface area contributed by atoms with E-state index in [1.54, 1.807) is 10.7 Å². The van der Waals surface area contributed by atoms with E-state index in [4.69, 9.17) is 4.42 Å². The largest absolute Gasteiger partial charge is 0.423 e. The minimum Gasteiger partial charge on any atom is -0.423 e. The highest BCUT2D eigenvalue weighted by Crippen LogP contribution is 2.27. The number of hydrogen-bond acceptors (Lipinski definition) is 4. The Morgan fingerprint density at radius 3 is 2.73 bits per heavy atom. The first-order valence-corrected chi connectivity index (χ1v) is 8.85. The molecule has 0 atom stereocenters. The van der Waals surface area contributed by atoms with Gasteiger partial charge in [0.05, 0.1) is 5.69 Å². The Kier molecular flexibility index (Phi) is 3.90. The lowest BCUT2D eigenvalue weighted by atomic mass is 9.95. The van der Waals surface area contributed by atoms with E-state index in [0.29, 0.717) is 17.0 Å². The van der Waals surface area contributed by atoms with E-state index in [1.807, 2.05) is 27.0 Å². The van der Waals surface area contributed by atoms with Crippen molar-refractivity contribution in [2.75, 3.05) is 5.32 Å². The molecule has 0 saturated heterocycles. The van der Waals surface area contributed by atoms with Crippen molar-refractivity contribution in [1.82, 2.24) is 9.78 Å². The summed E-state index contributed by atoms with van der Waals surface area (Å²) in [7, 11) is 1.82. The van der Waals surface area contributed by atoms with Gasteiger partial charge in [-0.3, -0.25) is 9.48 Å². The molecule has 1 aliphatic rings. The van der Waals surface area contributed by atoms with Gasteiger partial charge in [-0.05, 0) is 62.8 Å². The molecule has 0 bridgehead atoms. The lowest BCUT2D eigenvalue weighted by Crippen LogP contribution is -2.19. The number of carbonyl (C=O) groups excluding carboxylic acids is 1. The maximum Gasteiger partial charge on any atom is 0.336 e. The van der Waals surface area contributed by atoms with Crippen LogP contribution in [0, 0.1) is 13.8 Å². The van der Waals surface area contributed by atoms with Gasteiger partial charge >= 0.3 is 5.63 Å². The van der Waals surface area contributed by atoms with E-state index < -0.39 is 0 Å². The van der Waals surface area contributed by atoms with Gasteiger partial charge in [0, 0.05) is 29.8 Å². The molecule has 3 aromatic rings. The molecule has 2 aromatic heterocycles. The molecule has 1 N–H and O–H groups in total. The van der Waals surface area contributed by atoms with Gasteiger partial charge in [-0.15, -0.1) is 0 Å². The number of benzene rings is 1. The molecule has 0 unspecified atom stereocenters. The molecule has 6 heteroatoms. The molecule has 0 spiro atoms. The fourth-order valence-electron chi connectivity index (χ4n) is 3.75. The summed E-state index contributed by atoms with van der Waals surface area (Å²) in [5.74, 6) is -0.152. The summed E-state index contributed by atoms with van der Waals surface area (Å²) in [5, 5.41) is 8.35. The number of fused-ring (bicyclic) bond motifs is 2. The summed E-state index contributed by atoms with van der Waals surface area (Å²) in [5.41, 5.74) is 5.28. The monoisotopic (exact) mass is 351 g/mol. The van der Waals surface area contributed by atoms with Gasteiger partial charge in [0.25, 0.3) is 5.91 Å². The Morgan fingerprint density at radius 1 is 1.15 bits per heavy atom. The number of nitrogens with zero attached hydrogens (tertiary/aromatic N) is 2. The molecule has 4 rings (SSSR count). The Morgan fingerprint density at radius 2 is 1.92 bits per heavy atom. The van der Waals surface area contributed by atoms with Crippen LogP contribution < -0.4 is 10.9 Å². The third-order valence-corrected chi connectivity index (χ3v) is 5.08. The standard InChI is InChI=1S/C20H21N3O3/c1-11-9-18(24)26-17-8-12(2)16(10-14(11)17)21-20(25)19-13-6-4-5-7-15(13)22-23(19)3/h8-10H,4-7H2,1-3H3,(H,21,25). The molecular formula is C20H21N3O3. The van der Waals surface area contributed by atoms with Crippen LogP contribution in [0.2, 0.25) is 0 Å². The van der Waals surface area contributed by atoms with E-state index in [-0.39, 0.29) is 11.5 Å². The third kappa shape index (κ3) is 2.71. The zero-order valence-electron chi connectivity index (χ0n) is 15.2. The maximum atomic E-state index is 12.9.